The molecule has 0 radical (unpaired) electrons. The van der Waals surface area contributed by atoms with Crippen molar-refractivity contribution in [2.75, 3.05) is 31.0 Å². The fraction of sp³-hybridized carbons (Fsp3) is 0.333. The molecule has 4 rings (SSSR count). The van der Waals surface area contributed by atoms with Crippen LogP contribution in [0, 0.1) is 5.41 Å². The highest BCUT2D eigenvalue weighted by Crippen LogP contribution is 2.50. The molecule has 0 unspecified atom stereocenters. The van der Waals surface area contributed by atoms with Crippen LogP contribution in [0.5, 0.6) is 11.5 Å². The molecule has 2 aliphatic rings. The van der Waals surface area contributed by atoms with E-state index in [-0.39, 0.29) is 11.8 Å². The lowest BCUT2D eigenvalue weighted by Gasteiger charge is -2.23. The number of hydrogen-bond donors (Lipinski definition) is 1. The van der Waals surface area contributed by atoms with Crippen molar-refractivity contribution in [1.29, 1.82) is 0 Å². The molecular formula is C21H22N2O4. The van der Waals surface area contributed by atoms with Crippen LogP contribution in [0.1, 0.15) is 18.4 Å². The first kappa shape index (κ1) is 17.4. The minimum atomic E-state index is -0.995. The fourth-order valence-electron chi connectivity index (χ4n) is 3.62. The second kappa shape index (κ2) is 6.61. The number of rotatable bonds is 5. The Kier molecular flexibility index (Phi) is 4.26. The molecular weight excluding hydrogens is 344 g/mol. The van der Waals surface area contributed by atoms with E-state index in [2.05, 4.69) is 5.32 Å². The molecule has 0 spiro atoms. The number of para-hydroxylation sites is 1. The summed E-state index contributed by atoms with van der Waals surface area (Å²) in [5.74, 6) is 0.727. The maximum Gasteiger partial charge on any atom is 0.242 e. The first-order valence-corrected chi connectivity index (χ1v) is 9.02. The number of carbonyl (C=O) groups excluding carboxylic acids is 2. The predicted octanol–water partition coefficient (Wildman–Crippen LogP) is 3.01. The third-order valence-corrected chi connectivity index (χ3v) is 5.38. The van der Waals surface area contributed by atoms with Crippen LogP contribution in [-0.4, -0.2) is 32.6 Å². The Labute approximate surface area is 158 Å². The van der Waals surface area contributed by atoms with Gasteiger partial charge in [0, 0.05) is 18.3 Å². The lowest BCUT2D eigenvalue weighted by molar-refractivity contribution is -0.132. The number of nitrogens with zero attached hydrogens (tertiary/aromatic N) is 1. The van der Waals surface area contributed by atoms with Crippen molar-refractivity contribution in [2.24, 2.45) is 5.41 Å². The lowest BCUT2D eigenvalue weighted by atomic mass is 10.0. The van der Waals surface area contributed by atoms with E-state index in [1.807, 2.05) is 24.3 Å². The number of fused-ring (bicyclic) bond motifs is 1. The number of methoxy groups -OCH3 is 2. The summed E-state index contributed by atoms with van der Waals surface area (Å²) in [4.78, 5) is 28.0. The zero-order chi connectivity index (χ0) is 19.0. The Hall–Kier alpha value is -3.02. The summed E-state index contributed by atoms with van der Waals surface area (Å²) in [5.41, 5.74) is 1.57. The Morgan fingerprint density at radius 2 is 1.85 bits per heavy atom. The van der Waals surface area contributed by atoms with Crippen LogP contribution in [0.4, 0.5) is 11.4 Å². The topological polar surface area (TPSA) is 67.9 Å². The number of nitrogens with one attached hydrogen (secondary N) is 1. The second-order valence-corrected chi connectivity index (χ2v) is 6.94. The third-order valence-electron chi connectivity index (χ3n) is 5.38. The van der Waals surface area contributed by atoms with Crippen LogP contribution in [0.25, 0.3) is 0 Å². The molecule has 0 atom stereocenters. The van der Waals surface area contributed by atoms with Crippen molar-refractivity contribution in [1.82, 2.24) is 0 Å². The normalized spacial score (nSPS) is 16.4. The SMILES string of the molecule is COc1ccc(OC)c(NC(=O)C2(C(=O)N3CCc4ccccc43)CC2)c1. The zero-order valence-electron chi connectivity index (χ0n) is 15.5. The van der Waals surface area contributed by atoms with Gasteiger partial charge in [-0.3, -0.25) is 9.59 Å². The summed E-state index contributed by atoms with van der Waals surface area (Å²) in [5, 5.41) is 2.88. The van der Waals surface area contributed by atoms with Gasteiger partial charge in [-0.2, -0.15) is 0 Å². The van der Waals surface area contributed by atoms with Gasteiger partial charge in [0.1, 0.15) is 16.9 Å². The third kappa shape index (κ3) is 2.91. The Balaban J connectivity index is 1.57. The summed E-state index contributed by atoms with van der Waals surface area (Å²) < 4.78 is 10.5. The molecule has 140 valence electrons. The van der Waals surface area contributed by atoms with Crippen LogP contribution in [0.3, 0.4) is 0 Å². The van der Waals surface area contributed by atoms with Gasteiger partial charge in [-0.15, -0.1) is 0 Å². The monoisotopic (exact) mass is 366 g/mol. The summed E-state index contributed by atoms with van der Waals surface area (Å²) in [7, 11) is 3.10. The summed E-state index contributed by atoms with van der Waals surface area (Å²) in [6.45, 7) is 0.621. The fourth-order valence-corrected chi connectivity index (χ4v) is 3.62. The molecule has 2 aromatic rings. The van der Waals surface area contributed by atoms with E-state index in [1.165, 1.54) is 7.11 Å². The minimum absolute atomic E-state index is 0.119. The van der Waals surface area contributed by atoms with E-state index in [0.29, 0.717) is 36.6 Å². The molecule has 2 amide bonds. The standard InChI is InChI=1S/C21H22N2O4/c1-26-15-7-8-18(27-2)16(13-15)22-19(24)21(10-11-21)20(25)23-12-9-14-5-3-4-6-17(14)23/h3-8,13H,9-12H2,1-2H3,(H,22,24). The van der Waals surface area contributed by atoms with Gasteiger partial charge < -0.3 is 19.7 Å². The number of ether oxygens (including phenoxy) is 2. The number of amides is 2. The number of hydrogen-bond acceptors (Lipinski definition) is 4. The molecule has 1 fully saturated rings. The van der Waals surface area contributed by atoms with E-state index >= 15 is 0 Å². The van der Waals surface area contributed by atoms with Crippen LogP contribution in [-0.2, 0) is 16.0 Å². The van der Waals surface area contributed by atoms with Crippen molar-refractivity contribution in [3.63, 3.8) is 0 Å². The maximum absolute atomic E-state index is 13.2. The average molecular weight is 366 g/mol. The minimum Gasteiger partial charge on any atom is -0.497 e. The van der Waals surface area contributed by atoms with Gasteiger partial charge in [0.2, 0.25) is 11.8 Å². The summed E-state index contributed by atoms with van der Waals surface area (Å²) >= 11 is 0. The summed E-state index contributed by atoms with van der Waals surface area (Å²) in [6, 6.07) is 13.1. The van der Waals surface area contributed by atoms with Crippen LogP contribution in [0.15, 0.2) is 42.5 Å². The van der Waals surface area contributed by atoms with Crippen molar-refractivity contribution >= 4 is 23.2 Å². The molecule has 1 aliphatic heterocycles. The van der Waals surface area contributed by atoms with E-state index in [0.717, 1.165) is 17.7 Å². The van der Waals surface area contributed by atoms with Crippen molar-refractivity contribution in [3.05, 3.63) is 48.0 Å². The number of benzene rings is 2. The Morgan fingerprint density at radius 3 is 2.56 bits per heavy atom. The second-order valence-electron chi connectivity index (χ2n) is 6.94. The molecule has 2 aromatic carbocycles. The van der Waals surface area contributed by atoms with Crippen LogP contribution < -0.4 is 19.7 Å². The van der Waals surface area contributed by atoms with Crippen molar-refractivity contribution in [3.8, 4) is 11.5 Å². The maximum atomic E-state index is 13.2. The molecule has 0 aromatic heterocycles. The van der Waals surface area contributed by atoms with Gasteiger partial charge >= 0.3 is 0 Å². The predicted molar refractivity (Wildman–Crippen MR) is 102 cm³/mol. The Bertz CT molecular complexity index is 905. The molecule has 1 N–H and O–H groups in total. The summed E-state index contributed by atoms with van der Waals surface area (Å²) in [6.07, 6.45) is 1.94. The smallest absolute Gasteiger partial charge is 0.242 e. The van der Waals surface area contributed by atoms with Crippen molar-refractivity contribution < 1.29 is 19.1 Å². The van der Waals surface area contributed by atoms with Gasteiger partial charge in [0.25, 0.3) is 0 Å². The zero-order valence-corrected chi connectivity index (χ0v) is 15.5. The first-order chi connectivity index (χ1) is 13.1. The molecule has 1 heterocycles. The van der Waals surface area contributed by atoms with E-state index in [4.69, 9.17) is 9.47 Å². The molecule has 0 saturated heterocycles. The number of carbonyl (C=O) groups is 2. The molecule has 6 nitrogen and oxygen atoms in total. The first-order valence-electron chi connectivity index (χ1n) is 9.02. The van der Waals surface area contributed by atoms with Gasteiger partial charge in [0.15, 0.2) is 0 Å². The van der Waals surface area contributed by atoms with Crippen molar-refractivity contribution in [2.45, 2.75) is 19.3 Å². The highest BCUT2D eigenvalue weighted by atomic mass is 16.5. The van der Waals surface area contributed by atoms with Crippen LogP contribution >= 0.6 is 0 Å². The average Bonchev–Trinajstić information content (AvgIpc) is 3.41. The Morgan fingerprint density at radius 1 is 1.07 bits per heavy atom. The molecule has 6 heteroatoms. The lowest BCUT2D eigenvalue weighted by Crippen LogP contribution is -2.42. The highest BCUT2D eigenvalue weighted by Gasteiger charge is 2.58. The van der Waals surface area contributed by atoms with Gasteiger partial charge in [0.05, 0.1) is 19.9 Å². The molecule has 0 bridgehead atoms. The van der Waals surface area contributed by atoms with Gasteiger partial charge in [-0.05, 0) is 43.0 Å². The number of anilines is 2. The van der Waals surface area contributed by atoms with E-state index in [1.54, 1.807) is 30.2 Å². The van der Waals surface area contributed by atoms with Crippen LogP contribution in [0.2, 0.25) is 0 Å². The molecule has 1 saturated carbocycles. The molecule has 27 heavy (non-hydrogen) atoms. The van der Waals surface area contributed by atoms with E-state index in [9.17, 15) is 9.59 Å². The van der Waals surface area contributed by atoms with Gasteiger partial charge in [-0.1, -0.05) is 18.2 Å². The van der Waals surface area contributed by atoms with E-state index < -0.39 is 5.41 Å². The quantitative estimate of drug-likeness (QED) is 0.826. The highest BCUT2D eigenvalue weighted by molar-refractivity contribution is 6.18. The molecule has 1 aliphatic carbocycles. The van der Waals surface area contributed by atoms with Gasteiger partial charge in [-0.25, -0.2) is 0 Å². The largest absolute Gasteiger partial charge is 0.497 e.